The zero-order chi connectivity index (χ0) is 20.8. The molecule has 0 radical (unpaired) electrons. The van der Waals surface area contributed by atoms with Gasteiger partial charge in [0, 0.05) is 19.7 Å². The van der Waals surface area contributed by atoms with Crippen molar-refractivity contribution in [2.24, 2.45) is 0 Å². The number of carbonyl (C=O) groups excluding carboxylic acids is 2. The van der Waals surface area contributed by atoms with Gasteiger partial charge in [-0.15, -0.1) is 0 Å². The monoisotopic (exact) mass is 394 g/mol. The molecule has 1 N–H and O–H groups in total. The first-order valence-electron chi connectivity index (χ1n) is 9.57. The molecular formula is C23H26N2O4. The van der Waals surface area contributed by atoms with Crippen molar-refractivity contribution in [3.05, 3.63) is 65.4 Å². The van der Waals surface area contributed by atoms with Gasteiger partial charge in [0.1, 0.15) is 0 Å². The highest BCUT2D eigenvalue weighted by molar-refractivity contribution is 5.81. The van der Waals surface area contributed by atoms with E-state index in [1.54, 1.807) is 25.3 Å². The highest BCUT2D eigenvalue weighted by atomic mass is 16.5. The summed E-state index contributed by atoms with van der Waals surface area (Å²) in [7, 11) is 3.20. The van der Waals surface area contributed by atoms with Crippen molar-refractivity contribution in [1.29, 1.82) is 0 Å². The second-order valence-corrected chi connectivity index (χ2v) is 6.88. The Balaban J connectivity index is 1.61. The second kappa shape index (κ2) is 9.28. The maximum Gasteiger partial charge on any atom is 0.223 e. The van der Waals surface area contributed by atoms with Crippen molar-refractivity contribution in [1.82, 2.24) is 10.2 Å². The topological polar surface area (TPSA) is 67.9 Å². The first kappa shape index (κ1) is 20.5. The SMILES string of the molecule is COc1ccc(CCNC(=O)C[C@H]2c3ccccc3C=CN2C(C)=O)cc1OC. The van der Waals surface area contributed by atoms with Crippen LogP contribution in [0.3, 0.4) is 0 Å². The molecule has 0 spiro atoms. The van der Waals surface area contributed by atoms with Crippen LogP contribution in [0.5, 0.6) is 11.5 Å². The van der Waals surface area contributed by atoms with E-state index in [2.05, 4.69) is 5.32 Å². The van der Waals surface area contributed by atoms with Gasteiger partial charge in [-0.25, -0.2) is 0 Å². The maximum absolute atomic E-state index is 12.6. The quantitative estimate of drug-likeness (QED) is 0.782. The summed E-state index contributed by atoms with van der Waals surface area (Å²) in [5.74, 6) is 1.17. The number of fused-ring (bicyclic) bond motifs is 1. The molecule has 0 unspecified atom stereocenters. The predicted molar refractivity (Wildman–Crippen MR) is 112 cm³/mol. The van der Waals surface area contributed by atoms with E-state index in [0.29, 0.717) is 24.5 Å². The highest BCUT2D eigenvalue weighted by Crippen LogP contribution is 2.32. The summed E-state index contributed by atoms with van der Waals surface area (Å²) in [6, 6.07) is 13.3. The molecule has 0 aliphatic carbocycles. The van der Waals surface area contributed by atoms with Gasteiger partial charge in [-0.3, -0.25) is 9.59 Å². The third-order valence-electron chi connectivity index (χ3n) is 5.03. The van der Waals surface area contributed by atoms with Gasteiger partial charge in [-0.05, 0) is 41.3 Å². The van der Waals surface area contributed by atoms with Crippen molar-refractivity contribution in [3.63, 3.8) is 0 Å². The Bertz CT molecular complexity index is 923. The molecule has 6 heteroatoms. The fourth-order valence-electron chi connectivity index (χ4n) is 3.54. The summed E-state index contributed by atoms with van der Waals surface area (Å²) in [5, 5.41) is 2.96. The van der Waals surface area contributed by atoms with E-state index in [9.17, 15) is 9.59 Å². The molecule has 0 aromatic heterocycles. The summed E-state index contributed by atoms with van der Waals surface area (Å²) < 4.78 is 10.6. The zero-order valence-electron chi connectivity index (χ0n) is 17.0. The Hall–Kier alpha value is -3.28. The van der Waals surface area contributed by atoms with Crippen molar-refractivity contribution in [2.75, 3.05) is 20.8 Å². The summed E-state index contributed by atoms with van der Waals surface area (Å²) in [5.41, 5.74) is 3.06. The molecule has 1 aliphatic heterocycles. The Morgan fingerprint density at radius 1 is 1.07 bits per heavy atom. The van der Waals surface area contributed by atoms with Crippen LogP contribution < -0.4 is 14.8 Å². The van der Waals surface area contributed by atoms with Crippen LogP contribution >= 0.6 is 0 Å². The molecule has 2 aromatic carbocycles. The smallest absolute Gasteiger partial charge is 0.223 e. The molecule has 152 valence electrons. The number of nitrogens with one attached hydrogen (secondary N) is 1. The first-order valence-corrected chi connectivity index (χ1v) is 9.57. The third kappa shape index (κ3) is 4.77. The van der Waals surface area contributed by atoms with E-state index < -0.39 is 0 Å². The van der Waals surface area contributed by atoms with Gasteiger partial charge in [0.25, 0.3) is 0 Å². The van der Waals surface area contributed by atoms with E-state index in [1.165, 1.54) is 6.92 Å². The minimum absolute atomic E-state index is 0.0844. The minimum atomic E-state index is -0.296. The predicted octanol–water partition coefficient (Wildman–Crippen LogP) is 3.33. The lowest BCUT2D eigenvalue weighted by molar-refractivity contribution is -0.129. The molecule has 2 amide bonds. The van der Waals surface area contributed by atoms with Crippen LogP contribution in [0.15, 0.2) is 48.7 Å². The van der Waals surface area contributed by atoms with Gasteiger partial charge in [-0.2, -0.15) is 0 Å². The number of benzene rings is 2. The van der Waals surface area contributed by atoms with Crippen molar-refractivity contribution >= 4 is 17.9 Å². The van der Waals surface area contributed by atoms with Crippen LogP contribution in [0.25, 0.3) is 6.08 Å². The fourth-order valence-corrected chi connectivity index (χ4v) is 3.54. The second-order valence-electron chi connectivity index (χ2n) is 6.88. The van der Waals surface area contributed by atoms with Crippen molar-refractivity contribution in [3.8, 4) is 11.5 Å². The van der Waals surface area contributed by atoms with Crippen LogP contribution in [0.1, 0.15) is 36.1 Å². The van der Waals surface area contributed by atoms with Gasteiger partial charge in [0.2, 0.25) is 11.8 Å². The van der Waals surface area contributed by atoms with Gasteiger partial charge < -0.3 is 19.7 Å². The number of hydrogen-bond acceptors (Lipinski definition) is 4. The molecule has 1 atom stereocenters. The lowest BCUT2D eigenvalue weighted by Gasteiger charge is -2.32. The Kier molecular flexibility index (Phi) is 6.54. The molecule has 29 heavy (non-hydrogen) atoms. The van der Waals surface area contributed by atoms with E-state index in [0.717, 1.165) is 16.7 Å². The largest absolute Gasteiger partial charge is 0.493 e. The molecule has 0 bridgehead atoms. The van der Waals surface area contributed by atoms with Crippen LogP contribution in [0, 0.1) is 0 Å². The number of ether oxygens (including phenoxy) is 2. The maximum atomic E-state index is 12.6. The number of hydrogen-bond donors (Lipinski definition) is 1. The summed E-state index contributed by atoms with van der Waals surface area (Å²) >= 11 is 0. The molecule has 0 saturated carbocycles. The number of amides is 2. The van der Waals surface area contributed by atoms with E-state index in [-0.39, 0.29) is 24.3 Å². The van der Waals surface area contributed by atoms with Crippen LogP contribution in [-0.2, 0) is 16.0 Å². The Morgan fingerprint density at radius 3 is 2.55 bits per heavy atom. The lowest BCUT2D eigenvalue weighted by atomic mass is 9.93. The van der Waals surface area contributed by atoms with Gasteiger partial charge in [-0.1, -0.05) is 30.3 Å². The number of nitrogens with zero attached hydrogens (tertiary/aromatic N) is 1. The Labute approximate surface area is 171 Å². The van der Waals surface area contributed by atoms with Crippen LogP contribution in [0.4, 0.5) is 0 Å². The molecule has 3 rings (SSSR count). The summed E-state index contributed by atoms with van der Waals surface area (Å²) in [4.78, 5) is 26.2. The first-order chi connectivity index (χ1) is 14.0. The molecule has 1 aliphatic rings. The van der Waals surface area contributed by atoms with E-state index in [4.69, 9.17) is 9.47 Å². The van der Waals surface area contributed by atoms with E-state index in [1.807, 2.05) is 48.5 Å². The number of rotatable bonds is 7. The molecule has 6 nitrogen and oxygen atoms in total. The van der Waals surface area contributed by atoms with Gasteiger partial charge >= 0.3 is 0 Å². The van der Waals surface area contributed by atoms with Gasteiger partial charge in [0.05, 0.1) is 26.7 Å². The van der Waals surface area contributed by atoms with Crippen molar-refractivity contribution in [2.45, 2.75) is 25.8 Å². The minimum Gasteiger partial charge on any atom is -0.493 e. The average molecular weight is 394 g/mol. The number of methoxy groups -OCH3 is 2. The van der Waals surface area contributed by atoms with E-state index >= 15 is 0 Å². The average Bonchev–Trinajstić information content (AvgIpc) is 2.73. The molecule has 0 fully saturated rings. The normalized spacial score (nSPS) is 14.9. The zero-order valence-corrected chi connectivity index (χ0v) is 17.0. The summed E-state index contributed by atoms with van der Waals surface area (Å²) in [6.07, 6.45) is 4.55. The third-order valence-corrected chi connectivity index (χ3v) is 5.03. The van der Waals surface area contributed by atoms with Gasteiger partial charge in [0.15, 0.2) is 11.5 Å². The molecule has 0 saturated heterocycles. The molecule has 1 heterocycles. The standard InChI is InChI=1S/C23H26N2O4/c1-16(26)25-13-11-18-6-4-5-7-19(18)20(25)15-23(27)24-12-10-17-8-9-21(28-2)22(14-17)29-3/h4-9,11,13-14,20H,10,12,15H2,1-3H3,(H,24,27)/t20-/m0/s1. The molecular weight excluding hydrogens is 368 g/mol. The fraction of sp³-hybridized carbons (Fsp3) is 0.304. The highest BCUT2D eigenvalue weighted by Gasteiger charge is 2.27. The summed E-state index contributed by atoms with van der Waals surface area (Å²) in [6.45, 7) is 2.01. The number of carbonyl (C=O) groups is 2. The van der Waals surface area contributed by atoms with Crippen LogP contribution in [0.2, 0.25) is 0 Å². The van der Waals surface area contributed by atoms with Crippen LogP contribution in [-0.4, -0.2) is 37.5 Å². The molecule has 2 aromatic rings. The Morgan fingerprint density at radius 2 is 1.83 bits per heavy atom. The van der Waals surface area contributed by atoms with Crippen molar-refractivity contribution < 1.29 is 19.1 Å². The lowest BCUT2D eigenvalue weighted by Crippen LogP contribution is -2.35.